The lowest BCUT2D eigenvalue weighted by atomic mass is 10.0. The summed E-state index contributed by atoms with van der Waals surface area (Å²) in [7, 11) is -9.68. The largest absolute Gasteiger partial charge is 0.481 e. The number of primary amides is 1. The number of nitrogens with two attached hydrogens (primary N) is 9. The summed E-state index contributed by atoms with van der Waals surface area (Å²) >= 11 is 0. The highest BCUT2D eigenvalue weighted by Crippen LogP contribution is 2.60. The fourth-order valence-electron chi connectivity index (χ4n) is 12.6. The number of halogens is 4. The van der Waals surface area contributed by atoms with Crippen molar-refractivity contribution in [3.63, 3.8) is 0 Å². The van der Waals surface area contributed by atoms with Crippen LogP contribution in [0, 0.1) is 43.3 Å². The van der Waals surface area contributed by atoms with Gasteiger partial charge in [0.05, 0.1) is 18.9 Å². The Morgan fingerprint density at radius 1 is 0.312 bits per heavy atom. The Morgan fingerprint density at radius 3 is 0.819 bits per heavy atom. The van der Waals surface area contributed by atoms with E-state index in [0.29, 0.717) is 24.3 Å². The van der Waals surface area contributed by atoms with Gasteiger partial charge in [-0.2, -0.15) is 17.6 Å². The molecule has 0 fully saturated rings. The van der Waals surface area contributed by atoms with Crippen LogP contribution in [-0.4, -0.2) is 281 Å². The second-order valence-electron chi connectivity index (χ2n) is 30.9. The van der Waals surface area contributed by atoms with Crippen molar-refractivity contribution in [2.45, 2.75) is 194 Å². The lowest BCUT2D eigenvalue weighted by Gasteiger charge is -2.28. The summed E-state index contributed by atoms with van der Waals surface area (Å²) in [6.45, 7) is -0.191. The highest BCUT2D eigenvalue weighted by atomic mass is 33.1. The molecule has 50 N–H and O–H groups in total. The number of carboxylic acids is 1. The van der Waals surface area contributed by atoms with Crippen LogP contribution >= 0.6 is 36.8 Å². The fourth-order valence-corrected chi connectivity index (χ4v) is 15.4. The van der Waals surface area contributed by atoms with E-state index in [2.05, 4.69) is 101 Å². The Labute approximate surface area is 798 Å². The first-order chi connectivity index (χ1) is 64.6. The lowest BCUT2D eigenvalue weighted by molar-refractivity contribution is -0.141. The third-order valence-electron chi connectivity index (χ3n) is 19.6. The van der Waals surface area contributed by atoms with Gasteiger partial charge >= 0.3 is 32.5 Å². The second kappa shape index (κ2) is 62.6. The van der Waals surface area contributed by atoms with Gasteiger partial charge in [-0.3, -0.25) is 110 Å². The van der Waals surface area contributed by atoms with Gasteiger partial charge in [0.15, 0.2) is 47.7 Å². The number of aliphatic carboxylic acids is 1. The Kier molecular flexibility index (Phi) is 54.9. The van der Waals surface area contributed by atoms with Crippen LogP contribution < -0.4 is 153 Å². The van der Waals surface area contributed by atoms with Crippen molar-refractivity contribution in [1.82, 2.24) is 101 Å². The number of benzene rings is 2. The fraction of sp³-hybridized carbons (Fsp3) is 0.573. The summed E-state index contributed by atoms with van der Waals surface area (Å²) < 4.78 is 81.1. The summed E-state index contributed by atoms with van der Waals surface area (Å²) in [6, 6.07) is -9.26. The molecule has 63 heteroatoms. The molecule has 0 heterocycles. The van der Waals surface area contributed by atoms with Gasteiger partial charge in [0.1, 0.15) is 54.4 Å². The summed E-state index contributed by atoms with van der Waals surface area (Å²) in [6.07, 6.45) is -3.46. The third-order valence-corrected chi connectivity index (χ3v) is 24.0. The van der Waals surface area contributed by atoms with Crippen LogP contribution in [0.4, 0.5) is 17.6 Å². The molecule has 2 aromatic rings. The molecule has 138 heavy (non-hydrogen) atoms. The molecule has 0 aliphatic rings. The molecule has 11 amide bonds. The summed E-state index contributed by atoms with van der Waals surface area (Å²) in [5.41, 5.74) is 38.3. The molecule has 2 rings (SSSR count). The van der Waals surface area contributed by atoms with E-state index in [1.54, 1.807) is 0 Å². The number of guanidine groups is 8. The average Bonchev–Trinajstić information content (AvgIpc) is 0.798. The van der Waals surface area contributed by atoms with Gasteiger partial charge in [0.25, 0.3) is 0 Å². The standard InChI is InChI=1S/C75H130F4N36O19P2S2/c76-74(77,135(129,130)131)42-21-17-40(18-22-42)37-52(115-65(128)53(39-55(117)118)107-54(116)38-41-19-23-43(24-20-41)75(78,79)136(132,133)134)57(120)98-34-36-138-137-35-33-97-45(10-2-26-100-67(83)84)58(121)109-47(12-4-28-102-69(87)88)60(123)111-49(14-6-30-104-71(91)92)62(125)113-51(16-8-32-106-73(95)96)64(127)114-50(15-7-31-105-72(93)94)63(126)112-48(13-5-29-103-70(89)90)61(124)110-46(11-3-27-101-68(85)86)59(122)108-44(56(80)119)9-1-25-99-66(81)82/h17-24,44-53,97H,1-16,25-39H2,(H2,80,119)(H,98,120)(H,107,116)(H,108,122)(H,109,121)(H,110,124)(H,111,123)(H,112,126)(H,113,125)(H,114,127)(H,115,128)(H,117,118)(H4,81,82,99)(H4,83,84,100)(H4,85,86,101)(H4,87,88,102)(H4,89,90,103)(H4,91,92,104)(H4,93,94,105)(H4,95,96,106)(H2,129,130,131)(H2,132,133,134)/t44-,45-,46-,47-,48-,49-,50-,51-,52+,53+/m1/s1. The number of carbonyl (C=O) groups excluding carboxylic acids is 11. The minimum absolute atomic E-state index is 0.00208. The molecule has 2 aromatic carbocycles. The zero-order valence-electron chi connectivity index (χ0n) is 75.2. The average molecular weight is 2040 g/mol. The molecule has 10 atom stereocenters. The first kappa shape index (κ1) is 121. The van der Waals surface area contributed by atoms with Crippen LogP contribution in [-0.2, 0) is 90.8 Å². The van der Waals surface area contributed by atoms with E-state index < -0.39 is 230 Å². The monoisotopic (exact) mass is 2040 g/mol. The molecule has 0 saturated carbocycles. The van der Waals surface area contributed by atoms with Crippen molar-refractivity contribution in [2.75, 3.05) is 77.0 Å². The maximum atomic E-state index is 15.0. The third kappa shape index (κ3) is 49.6. The first-order valence-electron chi connectivity index (χ1n) is 42.8. The highest BCUT2D eigenvalue weighted by Gasteiger charge is 2.51. The van der Waals surface area contributed by atoms with Crippen LogP contribution in [0.3, 0.4) is 0 Å². The quantitative estimate of drug-likeness (QED) is 0.00730. The van der Waals surface area contributed by atoms with E-state index in [9.17, 15) is 94.3 Å². The second-order valence-corrected chi connectivity index (χ2v) is 36.9. The van der Waals surface area contributed by atoms with Gasteiger partial charge in [-0.05, 0) is 114 Å². The smallest absolute Gasteiger partial charge is 0.399 e. The van der Waals surface area contributed by atoms with Crippen LogP contribution in [0.15, 0.2) is 48.5 Å². The van der Waals surface area contributed by atoms with Crippen molar-refractivity contribution in [1.29, 1.82) is 43.3 Å². The Balaban J connectivity index is 2.62. The van der Waals surface area contributed by atoms with E-state index in [0.717, 1.165) is 24.3 Å². The number of rotatable bonds is 69. The number of carboxylic acid groups (broad SMARTS) is 1. The molecular weight excluding hydrogens is 1910 g/mol. The maximum Gasteiger partial charge on any atom is 0.399 e. The van der Waals surface area contributed by atoms with Gasteiger partial charge in [0.2, 0.25) is 65.0 Å². The minimum atomic E-state index is -6.06. The number of hydrogen-bond acceptors (Lipinski definition) is 25. The first-order valence-corrected chi connectivity index (χ1v) is 48.5. The van der Waals surface area contributed by atoms with Gasteiger partial charge in [-0.1, -0.05) is 70.1 Å². The van der Waals surface area contributed by atoms with Crippen LogP contribution in [0.25, 0.3) is 0 Å². The molecule has 0 bridgehead atoms. The zero-order chi connectivity index (χ0) is 104. The maximum absolute atomic E-state index is 15.0. The van der Waals surface area contributed by atoms with Crippen molar-refractivity contribution in [2.24, 2.45) is 51.6 Å². The molecule has 0 aliphatic carbocycles. The Morgan fingerprint density at radius 2 is 0.551 bits per heavy atom. The highest BCUT2D eigenvalue weighted by molar-refractivity contribution is 8.76. The van der Waals surface area contributed by atoms with Crippen molar-refractivity contribution in [3.05, 3.63) is 70.8 Å². The van der Waals surface area contributed by atoms with Gasteiger partial charge in [-0.25, -0.2) is 0 Å². The SMILES string of the molecule is N=C(N)NCCC[C@@H](NC(=O)[C@@H](CCCNC(=N)N)NC(=O)[C@@H](CCCNC(=N)N)NC(=O)[C@@H](CCCNC(=N)N)NC(=O)[C@@H](CCCNC(=N)N)NC(=O)[C@@H](CCCNC(=N)N)NC(=O)[C@@H](CCCNC(=N)N)NC(=O)[C@@H](CCCNC(=N)N)NCCSSCCNC(=O)[C@H](Cc1ccc(C(F)(F)P(=O)(O)O)cc1)NC(=O)[C@H](CC(=O)O)NC(=O)Cc1ccc(C(F)(F)P(=O)(O)O)cc1)C(N)=O. The van der Waals surface area contributed by atoms with E-state index in [4.69, 9.17) is 105 Å². The Hall–Kier alpha value is -13.1. The predicted molar refractivity (Wildman–Crippen MR) is 504 cm³/mol. The molecule has 774 valence electrons. The zero-order valence-corrected chi connectivity index (χ0v) is 78.6. The van der Waals surface area contributed by atoms with Crippen LogP contribution in [0.5, 0.6) is 0 Å². The van der Waals surface area contributed by atoms with Crippen LogP contribution in [0.2, 0.25) is 0 Å². The van der Waals surface area contributed by atoms with Crippen LogP contribution in [0.1, 0.15) is 131 Å². The molecule has 0 saturated heterocycles. The summed E-state index contributed by atoms with van der Waals surface area (Å²) in [5, 5.41) is 120. The van der Waals surface area contributed by atoms with Crippen molar-refractivity contribution in [3.8, 4) is 0 Å². The molecule has 0 radical (unpaired) electrons. The summed E-state index contributed by atoms with van der Waals surface area (Å²) in [5.74, 6) is -15.9. The predicted octanol–water partition coefficient (Wildman–Crippen LogP) is -8.19. The molecular formula is C75H130F4N36O19P2S2. The van der Waals surface area contributed by atoms with Crippen molar-refractivity contribution < 1.29 is 109 Å². The Bertz CT molecular complexity index is 4560. The van der Waals surface area contributed by atoms with E-state index in [1.165, 1.54) is 21.6 Å². The van der Waals surface area contributed by atoms with Gasteiger partial charge in [-0.15, -0.1) is 0 Å². The molecule has 0 unspecified atom stereocenters. The van der Waals surface area contributed by atoms with Gasteiger partial charge in [0, 0.05) is 94.5 Å². The molecule has 0 aromatic heterocycles. The molecule has 0 spiro atoms. The van der Waals surface area contributed by atoms with E-state index in [1.807, 2.05) is 0 Å². The number of carbonyl (C=O) groups is 12. The van der Waals surface area contributed by atoms with Gasteiger partial charge < -0.3 is 177 Å². The minimum Gasteiger partial charge on any atom is -0.481 e. The topological polar surface area (TPSA) is 994 Å². The van der Waals surface area contributed by atoms with E-state index in [-0.39, 0.29) is 197 Å². The summed E-state index contributed by atoms with van der Waals surface area (Å²) in [4.78, 5) is 206. The number of amides is 11. The van der Waals surface area contributed by atoms with E-state index >= 15 is 4.79 Å². The van der Waals surface area contributed by atoms with Crippen molar-refractivity contribution >= 4 is 155 Å². The number of hydrogen-bond donors (Lipinski definition) is 41. The number of nitrogens with one attached hydrogen (secondary N) is 27. The molecule has 55 nitrogen and oxygen atoms in total. The normalized spacial score (nSPS) is 13.5. The molecule has 0 aliphatic heterocycles. The lowest BCUT2D eigenvalue weighted by Crippen LogP contribution is -2.60. The number of alkyl halides is 4.